The third kappa shape index (κ3) is 2.40. The number of hydrogen-bond acceptors (Lipinski definition) is 3. The van der Waals surface area contributed by atoms with Crippen LogP contribution in [0, 0.1) is 0 Å². The summed E-state index contributed by atoms with van der Waals surface area (Å²) in [4.78, 5) is 11.5. The van der Waals surface area contributed by atoms with E-state index >= 15 is 0 Å². The van der Waals surface area contributed by atoms with Gasteiger partial charge in [-0.2, -0.15) is 0 Å². The van der Waals surface area contributed by atoms with E-state index in [0.29, 0.717) is 10.5 Å². The van der Waals surface area contributed by atoms with Crippen LogP contribution >= 0.6 is 0 Å². The Labute approximate surface area is 84.7 Å². The number of rotatable bonds is 3. The van der Waals surface area contributed by atoms with Gasteiger partial charge in [-0.05, 0) is 17.7 Å². The second-order valence-electron chi connectivity index (χ2n) is 2.90. The molecule has 1 amide bonds. The summed E-state index contributed by atoms with van der Waals surface area (Å²) in [7, 11) is -1.02. The molecule has 0 aromatic heterocycles. The third-order valence-electron chi connectivity index (χ3n) is 1.88. The van der Waals surface area contributed by atoms with Gasteiger partial charge in [0.1, 0.15) is 6.04 Å². The Bertz CT molecular complexity index is 362. The van der Waals surface area contributed by atoms with E-state index in [9.17, 15) is 9.00 Å². The molecule has 1 aromatic carbocycles. The normalized spacial score (nSPS) is 14.7. The third-order valence-corrected chi connectivity index (χ3v) is 2.81. The molecular formula is C9H12N2O2S. The number of primary amides is 1. The summed E-state index contributed by atoms with van der Waals surface area (Å²) in [6.07, 6.45) is 1.59. The predicted octanol–water partition coefficient (Wildman–Crippen LogP) is -0.0909. The van der Waals surface area contributed by atoms with Crippen molar-refractivity contribution in [3.05, 3.63) is 29.8 Å². The lowest BCUT2D eigenvalue weighted by Crippen LogP contribution is -2.28. The predicted molar refractivity (Wildman–Crippen MR) is 54.9 cm³/mol. The van der Waals surface area contributed by atoms with E-state index < -0.39 is 22.7 Å². The van der Waals surface area contributed by atoms with E-state index in [-0.39, 0.29) is 0 Å². The van der Waals surface area contributed by atoms with Gasteiger partial charge in [-0.15, -0.1) is 0 Å². The lowest BCUT2D eigenvalue weighted by Gasteiger charge is -2.07. The fourth-order valence-electron chi connectivity index (χ4n) is 1.03. The van der Waals surface area contributed by atoms with E-state index in [1.54, 1.807) is 30.5 Å². The Kier molecular flexibility index (Phi) is 3.38. The molecule has 0 radical (unpaired) electrons. The Hall–Kier alpha value is -1.20. The summed E-state index contributed by atoms with van der Waals surface area (Å²) in [5, 5.41) is 0. The fraction of sp³-hybridized carbons (Fsp3) is 0.222. The van der Waals surface area contributed by atoms with Crippen LogP contribution in [0.2, 0.25) is 0 Å². The number of hydrogen-bond donors (Lipinski definition) is 2. The van der Waals surface area contributed by atoms with Crippen LogP contribution in [0.5, 0.6) is 0 Å². The second kappa shape index (κ2) is 4.34. The van der Waals surface area contributed by atoms with Crippen LogP contribution in [-0.2, 0) is 15.6 Å². The van der Waals surface area contributed by atoms with Crippen molar-refractivity contribution in [2.24, 2.45) is 11.5 Å². The van der Waals surface area contributed by atoms with Crippen molar-refractivity contribution in [1.82, 2.24) is 0 Å². The number of benzene rings is 1. The maximum Gasteiger partial charge on any atom is 0.238 e. The Morgan fingerprint density at radius 2 is 1.86 bits per heavy atom. The van der Waals surface area contributed by atoms with Crippen LogP contribution in [0.25, 0.3) is 0 Å². The minimum Gasteiger partial charge on any atom is -0.368 e. The van der Waals surface area contributed by atoms with E-state index in [0.717, 1.165) is 0 Å². The van der Waals surface area contributed by atoms with Gasteiger partial charge in [-0.3, -0.25) is 9.00 Å². The van der Waals surface area contributed by atoms with Crippen molar-refractivity contribution in [3.63, 3.8) is 0 Å². The average molecular weight is 212 g/mol. The molecular weight excluding hydrogens is 200 g/mol. The quantitative estimate of drug-likeness (QED) is 0.734. The molecule has 1 aromatic rings. The zero-order valence-corrected chi connectivity index (χ0v) is 8.58. The molecule has 14 heavy (non-hydrogen) atoms. The molecule has 0 spiro atoms. The maximum atomic E-state index is 11.0. The molecule has 0 aliphatic rings. The van der Waals surface area contributed by atoms with Gasteiger partial charge < -0.3 is 11.5 Å². The molecule has 0 aliphatic carbocycles. The molecule has 0 saturated carbocycles. The van der Waals surface area contributed by atoms with Crippen molar-refractivity contribution >= 4 is 16.7 Å². The van der Waals surface area contributed by atoms with Gasteiger partial charge in [-0.25, -0.2) is 0 Å². The smallest absolute Gasteiger partial charge is 0.238 e. The first kappa shape index (κ1) is 10.9. The van der Waals surface area contributed by atoms with Crippen molar-refractivity contribution in [3.8, 4) is 0 Å². The maximum absolute atomic E-state index is 11.0. The summed E-state index contributed by atoms with van der Waals surface area (Å²) in [5.74, 6) is -0.574. The SMILES string of the molecule is CS(=O)c1ccc(C(N)C(N)=O)cc1. The van der Waals surface area contributed by atoms with Gasteiger partial charge in [0.05, 0.1) is 0 Å². The molecule has 76 valence electrons. The number of amides is 1. The highest BCUT2D eigenvalue weighted by Crippen LogP contribution is 2.12. The highest BCUT2D eigenvalue weighted by molar-refractivity contribution is 7.84. The summed E-state index contributed by atoms with van der Waals surface area (Å²) >= 11 is 0. The van der Waals surface area contributed by atoms with Gasteiger partial charge >= 0.3 is 0 Å². The summed E-state index contributed by atoms with van der Waals surface area (Å²) in [5.41, 5.74) is 11.2. The first-order valence-electron chi connectivity index (χ1n) is 4.00. The molecule has 4 nitrogen and oxygen atoms in total. The van der Waals surface area contributed by atoms with Gasteiger partial charge in [0.2, 0.25) is 5.91 Å². The molecule has 0 saturated heterocycles. The highest BCUT2D eigenvalue weighted by Gasteiger charge is 2.11. The average Bonchev–Trinajstić information content (AvgIpc) is 2.16. The fourth-order valence-corrected chi connectivity index (χ4v) is 1.55. The summed E-state index contributed by atoms with van der Waals surface area (Å²) in [6, 6.07) is 5.87. The molecule has 0 bridgehead atoms. The zero-order chi connectivity index (χ0) is 10.7. The minimum atomic E-state index is -1.02. The monoisotopic (exact) mass is 212 g/mol. The number of carbonyl (C=O) groups excluding carboxylic acids is 1. The van der Waals surface area contributed by atoms with E-state index in [2.05, 4.69) is 0 Å². The minimum absolute atomic E-state index is 0.574. The molecule has 2 unspecified atom stereocenters. The summed E-state index contributed by atoms with van der Waals surface area (Å²) in [6.45, 7) is 0. The number of carbonyl (C=O) groups is 1. The van der Waals surface area contributed by atoms with E-state index in [4.69, 9.17) is 11.5 Å². The lowest BCUT2D eigenvalue weighted by molar-refractivity contribution is -0.119. The Morgan fingerprint density at radius 1 is 1.36 bits per heavy atom. The first-order valence-corrected chi connectivity index (χ1v) is 5.56. The largest absolute Gasteiger partial charge is 0.368 e. The zero-order valence-electron chi connectivity index (χ0n) is 7.77. The second-order valence-corrected chi connectivity index (χ2v) is 4.28. The van der Waals surface area contributed by atoms with Crippen LogP contribution in [0.3, 0.4) is 0 Å². The molecule has 0 fully saturated rings. The Morgan fingerprint density at radius 3 is 2.21 bits per heavy atom. The van der Waals surface area contributed by atoms with Crippen LogP contribution < -0.4 is 11.5 Å². The molecule has 4 N–H and O–H groups in total. The van der Waals surface area contributed by atoms with Crippen molar-refractivity contribution in [2.75, 3.05) is 6.26 Å². The van der Waals surface area contributed by atoms with Crippen molar-refractivity contribution < 1.29 is 9.00 Å². The highest BCUT2D eigenvalue weighted by atomic mass is 32.2. The van der Waals surface area contributed by atoms with Gasteiger partial charge in [-0.1, -0.05) is 12.1 Å². The number of nitrogens with two attached hydrogens (primary N) is 2. The van der Waals surface area contributed by atoms with Crippen molar-refractivity contribution in [2.45, 2.75) is 10.9 Å². The van der Waals surface area contributed by atoms with E-state index in [1.807, 2.05) is 0 Å². The van der Waals surface area contributed by atoms with Crippen molar-refractivity contribution in [1.29, 1.82) is 0 Å². The molecule has 2 atom stereocenters. The van der Waals surface area contributed by atoms with Gasteiger partial charge in [0.25, 0.3) is 0 Å². The molecule has 1 rings (SSSR count). The summed E-state index contributed by atoms with van der Waals surface area (Å²) < 4.78 is 11.0. The van der Waals surface area contributed by atoms with Crippen LogP contribution in [0.4, 0.5) is 0 Å². The molecule has 0 aliphatic heterocycles. The lowest BCUT2D eigenvalue weighted by atomic mass is 10.1. The molecule has 0 heterocycles. The van der Waals surface area contributed by atoms with Crippen LogP contribution in [0.1, 0.15) is 11.6 Å². The van der Waals surface area contributed by atoms with Crippen LogP contribution in [0.15, 0.2) is 29.2 Å². The van der Waals surface area contributed by atoms with Crippen LogP contribution in [-0.4, -0.2) is 16.4 Å². The topological polar surface area (TPSA) is 86.2 Å². The Balaban J connectivity index is 2.94. The van der Waals surface area contributed by atoms with E-state index in [1.165, 1.54) is 0 Å². The van der Waals surface area contributed by atoms with Gasteiger partial charge in [0.15, 0.2) is 0 Å². The molecule has 5 heteroatoms. The standard InChI is InChI=1S/C9H12N2O2S/c1-14(13)7-4-2-6(3-5-7)8(10)9(11)12/h2-5,8H,10H2,1H3,(H2,11,12). The first-order chi connectivity index (χ1) is 6.52. The van der Waals surface area contributed by atoms with Gasteiger partial charge in [0, 0.05) is 22.0 Å².